The fourth-order valence-electron chi connectivity index (χ4n) is 1.54. The van der Waals surface area contributed by atoms with Crippen molar-refractivity contribution in [2.45, 2.75) is 32.0 Å². The number of methoxy groups -OCH3 is 2. The Morgan fingerprint density at radius 2 is 1.65 bits per heavy atom. The van der Waals surface area contributed by atoms with Gasteiger partial charge in [0.1, 0.15) is 17.6 Å². The summed E-state index contributed by atoms with van der Waals surface area (Å²) in [6.07, 6.45) is -0.523. The largest absolute Gasteiger partial charge is 0.497 e. The summed E-state index contributed by atoms with van der Waals surface area (Å²) in [5.74, 6) is 1.18. The zero-order valence-corrected chi connectivity index (χ0v) is 10.7. The van der Waals surface area contributed by atoms with E-state index in [1.165, 1.54) is 0 Å². The van der Waals surface area contributed by atoms with Gasteiger partial charge in [-0.05, 0) is 31.0 Å². The van der Waals surface area contributed by atoms with E-state index in [1.54, 1.807) is 39.3 Å². The number of benzene rings is 1. The quantitative estimate of drug-likeness (QED) is 0.825. The number of ether oxygens (including phenoxy) is 2. The SMILES string of the molecule is CCC(C)(O)C(O)c1cc(OC)cc(OC)c1. The molecule has 2 N–H and O–H groups in total. The highest BCUT2D eigenvalue weighted by Crippen LogP contribution is 2.33. The van der Waals surface area contributed by atoms with Crippen molar-refractivity contribution in [1.29, 1.82) is 0 Å². The van der Waals surface area contributed by atoms with Gasteiger partial charge in [-0.3, -0.25) is 0 Å². The van der Waals surface area contributed by atoms with Crippen LogP contribution >= 0.6 is 0 Å². The molecule has 0 amide bonds. The Kier molecular flexibility index (Phi) is 4.37. The normalized spacial score (nSPS) is 16.1. The van der Waals surface area contributed by atoms with Crippen molar-refractivity contribution in [3.63, 3.8) is 0 Å². The summed E-state index contributed by atoms with van der Waals surface area (Å²) >= 11 is 0. The first kappa shape index (κ1) is 13.8. The molecule has 0 saturated carbocycles. The van der Waals surface area contributed by atoms with E-state index in [0.29, 0.717) is 23.5 Å². The van der Waals surface area contributed by atoms with Gasteiger partial charge in [0.2, 0.25) is 0 Å². The van der Waals surface area contributed by atoms with Crippen molar-refractivity contribution < 1.29 is 19.7 Å². The molecule has 0 radical (unpaired) electrons. The molecule has 0 fully saturated rings. The van der Waals surface area contributed by atoms with Crippen molar-refractivity contribution in [2.24, 2.45) is 0 Å². The summed E-state index contributed by atoms with van der Waals surface area (Å²) in [4.78, 5) is 0. The van der Waals surface area contributed by atoms with Crippen LogP contribution in [0.5, 0.6) is 11.5 Å². The summed E-state index contributed by atoms with van der Waals surface area (Å²) in [6, 6.07) is 5.10. The maximum absolute atomic E-state index is 10.1. The first-order chi connectivity index (χ1) is 7.94. The maximum atomic E-state index is 10.1. The second-order valence-corrected chi connectivity index (χ2v) is 4.26. The van der Waals surface area contributed by atoms with Crippen molar-refractivity contribution in [3.8, 4) is 11.5 Å². The first-order valence-electron chi connectivity index (χ1n) is 5.58. The lowest BCUT2D eigenvalue weighted by Crippen LogP contribution is -2.31. The van der Waals surface area contributed by atoms with Crippen LogP contribution in [0.1, 0.15) is 31.9 Å². The van der Waals surface area contributed by atoms with Gasteiger partial charge in [-0.1, -0.05) is 6.92 Å². The lowest BCUT2D eigenvalue weighted by molar-refractivity contribution is -0.0659. The van der Waals surface area contributed by atoms with Gasteiger partial charge in [0.05, 0.1) is 19.8 Å². The van der Waals surface area contributed by atoms with Gasteiger partial charge in [-0.2, -0.15) is 0 Å². The van der Waals surface area contributed by atoms with Crippen LogP contribution in [0.15, 0.2) is 18.2 Å². The van der Waals surface area contributed by atoms with Gasteiger partial charge in [-0.15, -0.1) is 0 Å². The smallest absolute Gasteiger partial charge is 0.122 e. The lowest BCUT2D eigenvalue weighted by Gasteiger charge is -2.28. The minimum atomic E-state index is -1.17. The second-order valence-electron chi connectivity index (χ2n) is 4.26. The molecule has 17 heavy (non-hydrogen) atoms. The molecule has 96 valence electrons. The average molecular weight is 240 g/mol. The Hall–Kier alpha value is -1.26. The van der Waals surface area contributed by atoms with Gasteiger partial charge in [0, 0.05) is 6.07 Å². The van der Waals surface area contributed by atoms with Crippen LogP contribution in [0.2, 0.25) is 0 Å². The molecule has 0 saturated heterocycles. The molecule has 0 bridgehead atoms. The third-order valence-corrected chi connectivity index (χ3v) is 2.99. The van der Waals surface area contributed by atoms with Gasteiger partial charge in [0.15, 0.2) is 0 Å². The summed E-state index contributed by atoms with van der Waals surface area (Å²) < 4.78 is 10.2. The van der Waals surface area contributed by atoms with Crippen LogP contribution in [0.25, 0.3) is 0 Å². The van der Waals surface area contributed by atoms with Crippen molar-refractivity contribution >= 4 is 0 Å². The van der Waals surface area contributed by atoms with E-state index < -0.39 is 11.7 Å². The zero-order chi connectivity index (χ0) is 13.1. The average Bonchev–Trinajstić information content (AvgIpc) is 2.36. The lowest BCUT2D eigenvalue weighted by atomic mass is 9.90. The Balaban J connectivity index is 3.12. The van der Waals surface area contributed by atoms with Crippen LogP contribution in [0.4, 0.5) is 0 Å². The summed E-state index contributed by atoms with van der Waals surface area (Å²) in [5, 5.41) is 20.2. The number of hydrogen-bond donors (Lipinski definition) is 2. The first-order valence-corrected chi connectivity index (χ1v) is 5.58. The van der Waals surface area contributed by atoms with E-state index in [9.17, 15) is 10.2 Å². The maximum Gasteiger partial charge on any atom is 0.122 e. The topological polar surface area (TPSA) is 58.9 Å². The third kappa shape index (κ3) is 3.11. The van der Waals surface area contributed by atoms with Gasteiger partial charge in [0.25, 0.3) is 0 Å². The van der Waals surface area contributed by atoms with Gasteiger partial charge < -0.3 is 19.7 Å². The number of rotatable bonds is 5. The minimum absolute atomic E-state index is 0.452. The fourth-order valence-corrected chi connectivity index (χ4v) is 1.54. The van der Waals surface area contributed by atoms with E-state index in [1.807, 2.05) is 6.92 Å². The van der Waals surface area contributed by atoms with Crippen LogP contribution in [-0.2, 0) is 0 Å². The number of aliphatic hydroxyl groups excluding tert-OH is 1. The predicted octanol–water partition coefficient (Wildman–Crippen LogP) is 1.90. The predicted molar refractivity (Wildman–Crippen MR) is 65.4 cm³/mol. The molecule has 1 rings (SSSR count). The molecule has 0 spiro atoms. The van der Waals surface area contributed by atoms with E-state index in [0.717, 1.165) is 0 Å². The Morgan fingerprint density at radius 1 is 1.18 bits per heavy atom. The van der Waals surface area contributed by atoms with Crippen LogP contribution in [0, 0.1) is 0 Å². The Labute approximate surface area is 102 Å². The van der Waals surface area contributed by atoms with E-state index >= 15 is 0 Å². The highest BCUT2D eigenvalue weighted by molar-refractivity contribution is 5.40. The van der Waals surface area contributed by atoms with Gasteiger partial charge in [-0.25, -0.2) is 0 Å². The van der Waals surface area contributed by atoms with Crippen LogP contribution in [0.3, 0.4) is 0 Å². The van der Waals surface area contributed by atoms with Gasteiger partial charge >= 0.3 is 0 Å². The molecule has 1 aromatic rings. The van der Waals surface area contributed by atoms with E-state index in [-0.39, 0.29) is 0 Å². The summed E-state index contributed by atoms with van der Waals surface area (Å²) in [6.45, 7) is 3.42. The molecule has 0 aromatic heterocycles. The molecule has 0 aliphatic carbocycles. The summed E-state index contributed by atoms with van der Waals surface area (Å²) in [7, 11) is 3.09. The summed E-state index contributed by atoms with van der Waals surface area (Å²) in [5.41, 5.74) is -0.592. The highest BCUT2D eigenvalue weighted by atomic mass is 16.5. The van der Waals surface area contributed by atoms with Crippen LogP contribution < -0.4 is 9.47 Å². The van der Waals surface area contributed by atoms with Crippen molar-refractivity contribution in [2.75, 3.05) is 14.2 Å². The molecular formula is C13H20O4. The number of hydrogen-bond acceptors (Lipinski definition) is 4. The molecule has 0 aliphatic rings. The molecule has 0 heterocycles. The molecule has 1 aromatic carbocycles. The molecule has 4 nitrogen and oxygen atoms in total. The van der Waals surface area contributed by atoms with Crippen molar-refractivity contribution in [3.05, 3.63) is 23.8 Å². The highest BCUT2D eigenvalue weighted by Gasteiger charge is 2.30. The number of aliphatic hydroxyl groups is 2. The molecule has 0 aliphatic heterocycles. The van der Waals surface area contributed by atoms with E-state index in [4.69, 9.17) is 9.47 Å². The van der Waals surface area contributed by atoms with E-state index in [2.05, 4.69) is 0 Å². The Bertz CT molecular complexity index is 351. The minimum Gasteiger partial charge on any atom is -0.497 e. The van der Waals surface area contributed by atoms with Crippen molar-refractivity contribution in [1.82, 2.24) is 0 Å². The Morgan fingerprint density at radius 3 is 2.00 bits per heavy atom. The monoisotopic (exact) mass is 240 g/mol. The molecular weight excluding hydrogens is 220 g/mol. The molecule has 4 heteroatoms. The zero-order valence-electron chi connectivity index (χ0n) is 10.7. The second kappa shape index (κ2) is 5.38. The molecule has 2 unspecified atom stereocenters. The third-order valence-electron chi connectivity index (χ3n) is 2.99. The standard InChI is InChI=1S/C13H20O4/c1-5-13(2,15)12(14)9-6-10(16-3)8-11(7-9)17-4/h6-8,12,14-15H,5H2,1-4H3. The van der Waals surface area contributed by atoms with Crippen LogP contribution in [-0.4, -0.2) is 30.0 Å². The molecule has 2 atom stereocenters. The fraction of sp³-hybridized carbons (Fsp3) is 0.538.